The Balaban J connectivity index is 2.63. The lowest BCUT2D eigenvalue weighted by Gasteiger charge is -2.27. The van der Waals surface area contributed by atoms with Crippen LogP contribution in [0.4, 0.5) is 4.39 Å². The van der Waals surface area contributed by atoms with Gasteiger partial charge in [-0.2, -0.15) is 5.26 Å². The Morgan fingerprint density at radius 3 is 2.65 bits per heavy atom. The van der Waals surface area contributed by atoms with Crippen LogP contribution in [-0.2, 0) is 14.3 Å². The monoisotopic (exact) mass is 336 g/mol. The maximum absolute atomic E-state index is 13.2. The number of nitrogens with two attached hydrogens (primary N) is 1. The smallest absolute Gasteiger partial charge is 0.338 e. The Morgan fingerprint density at radius 2 is 2.13 bits per heavy atom. The van der Waals surface area contributed by atoms with E-state index in [1.165, 1.54) is 24.3 Å². The number of hydrogen-bond donors (Lipinski definition) is 1. The van der Waals surface area contributed by atoms with Gasteiger partial charge < -0.3 is 15.2 Å². The Kier molecular flexibility index (Phi) is 5.24. The number of alkyl halides is 1. The fourth-order valence-corrected chi connectivity index (χ4v) is 2.54. The van der Waals surface area contributed by atoms with Gasteiger partial charge in [-0.05, 0) is 24.6 Å². The number of hydrogen-bond acceptors (Lipinski definition) is 5. The van der Waals surface area contributed by atoms with E-state index < -0.39 is 17.7 Å². The zero-order valence-electron chi connectivity index (χ0n) is 12.3. The predicted octanol–water partition coefficient (Wildman–Crippen LogP) is 2.69. The Labute approximate surface area is 137 Å². The summed E-state index contributed by atoms with van der Waals surface area (Å²) in [6.07, 6.45) is 0. The Hall–Kier alpha value is -2.52. The lowest BCUT2D eigenvalue weighted by molar-refractivity contribution is -0.139. The van der Waals surface area contributed by atoms with Crippen LogP contribution < -0.4 is 5.73 Å². The summed E-state index contributed by atoms with van der Waals surface area (Å²) < 4.78 is 23.5. The standard InChI is InChI=1S/C16H14ClFN2O3/c1-2-22-16(21)14-12(7-17)23-15(20)11(8-19)13(14)9-3-5-10(18)6-4-9/h3-6,13H,2,7,20H2,1H3. The van der Waals surface area contributed by atoms with Crippen molar-refractivity contribution in [3.8, 4) is 6.07 Å². The molecule has 1 atom stereocenters. The summed E-state index contributed by atoms with van der Waals surface area (Å²) in [6, 6.07) is 7.36. The molecular weight excluding hydrogens is 323 g/mol. The van der Waals surface area contributed by atoms with Gasteiger partial charge in [0.05, 0.1) is 24.0 Å². The highest BCUT2D eigenvalue weighted by Gasteiger charge is 2.37. The zero-order valence-corrected chi connectivity index (χ0v) is 13.1. The summed E-state index contributed by atoms with van der Waals surface area (Å²) in [7, 11) is 0. The van der Waals surface area contributed by atoms with Gasteiger partial charge in [-0.1, -0.05) is 12.1 Å². The minimum atomic E-state index is -0.817. The average Bonchev–Trinajstić information content (AvgIpc) is 2.54. The molecule has 7 heteroatoms. The number of nitrogens with zero attached hydrogens (tertiary/aromatic N) is 1. The number of rotatable bonds is 4. The number of esters is 1. The van der Waals surface area contributed by atoms with Crippen molar-refractivity contribution in [2.45, 2.75) is 12.8 Å². The van der Waals surface area contributed by atoms with E-state index in [9.17, 15) is 14.4 Å². The lowest BCUT2D eigenvalue weighted by atomic mass is 9.83. The molecule has 2 rings (SSSR count). The molecule has 1 aliphatic rings. The molecule has 0 spiro atoms. The maximum Gasteiger partial charge on any atom is 0.338 e. The van der Waals surface area contributed by atoms with Gasteiger partial charge in [0, 0.05) is 0 Å². The molecule has 0 aromatic heterocycles. The van der Waals surface area contributed by atoms with Crippen molar-refractivity contribution in [1.82, 2.24) is 0 Å². The van der Waals surface area contributed by atoms with Crippen molar-refractivity contribution in [2.24, 2.45) is 5.73 Å². The quantitative estimate of drug-likeness (QED) is 0.675. The second-order valence-corrected chi connectivity index (χ2v) is 4.93. The minimum absolute atomic E-state index is 0.0496. The number of ether oxygens (including phenoxy) is 2. The van der Waals surface area contributed by atoms with Gasteiger partial charge in [-0.3, -0.25) is 0 Å². The van der Waals surface area contributed by atoms with Crippen LogP contribution in [0.1, 0.15) is 18.4 Å². The molecule has 120 valence electrons. The summed E-state index contributed by atoms with van der Waals surface area (Å²) in [4.78, 5) is 12.3. The first kappa shape index (κ1) is 16.8. The third-order valence-corrected chi connectivity index (χ3v) is 3.56. The number of allylic oxidation sites excluding steroid dienone is 2. The van der Waals surface area contributed by atoms with Gasteiger partial charge in [0.25, 0.3) is 0 Å². The lowest BCUT2D eigenvalue weighted by Crippen LogP contribution is -2.26. The van der Waals surface area contributed by atoms with Crippen molar-refractivity contribution < 1.29 is 18.7 Å². The van der Waals surface area contributed by atoms with Gasteiger partial charge in [0.15, 0.2) is 0 Å². The molecule has 0 amide bonds. The van der Waals surface area contributed by atoms with Gasteiger partial charge >= 0.3 is 5.97 Å². The van der Waals surface area contributed by atoms with E-state index in [4.69, 9.17) is 26.8 Å². The van der Waals surface area contributed by atoms with Crippen LogP contribution in [-0.4, -0.2) is 18.5 Å². The topological polar surface area (TPSA) is 85.3 Å². The SMILES string of the molecule is CCOC(=O)C1=C(CCl)OC(N)=C(C#N)C1c1ccc(F)cc1. The first-order valence-corrected chi connectivity index (χ1v) is 7.36. The van der Waals surface area contributed by atoms with Crippen molar-refractivity contribution in [2.75, 3.05) is 12.5 Å². The number of benzene rings is 1. The van der Waals surface area contributed by atoms with E-state index in [-0.39, 0.29) is 35.3 Å². The number of halogens is 2. The fraction of sp³-hybridized carbons (Fsp3) is 0.250. The molecule has 5 nitrogen and oxygen atoms in total. The van der Waals surface area contributed by atoms with Crippen LogP contribution in [0.5, 0.6) is 0 Å². The molecule has 0 bridgehead atoms. The molecule has 0 saturated carbocycles. The number of carbonyl (C=O) groups is 1. The van der Waals surface area contributed by atoms with Gasteiger partial charge in [0.1, 0.15) is 23.2 Å². The van der Waals surface area contributed by atoms with Gasteiger partial charge in [-0.25, -0.2) is 9.18 Å². The molecule has 1 aromatic rings. The van der Waals surface area contributed by atoms with Crippen LogP contribution in [0.2, 0.25) is 0 Å². The molecule has 2 N–H and O–H groups in total. The zero-order chi connectivity index (χ0) is 17.0. The van der Waals surface area contributed by atoms with E-state index in [1.54, 1.807) is 6.92 Å². The molecule has 1 aliphatic heterocycles. The first-order valence-electron chi connectivity index (χ1n) is 6.82. The summed E-state index contributed by atoms with van der Waals surface area (Å²) in [5.74, 6) is -2.04. The Bertz CT molecular complexity index is 720. The molecule has 0 aliphatic carbocycles. The van der Waals surface area contributed by atoms with Crippen LogP contribution >= 0.6 is 11.6 Å². The highest BCUT2D eigenvalue weighted by molar-refractivity contribution is 6.19. The van der Waals surface area contributed by atoms with Crippen molar-refractivity contribution in [3.63, 3.8) is 0 Å². The van der Waals surface area contributed by atoms with E-state index in [2.05, 4.69) is 0 Å². The average molecular weight is 337 g/mol. The number of carbonyl (C=O) groups excluding carboxylic acids is 1. The van der Waals surface area contributed by atoms with Crippen LogP contribution in [0, 0.1) is 17.1 Å². The number of nitriles is 1. The van der Waals surface area contributed by atoms with E-state index in [0.717, 1.165) is 0 Å². The minimum Gasteiger partial charge on any atom is -0.463 e. The highest BCUT2D eigenvalue weighted by atomic mass is 35.5. The van der Waals surface area contributed by atoms with Crippen LogP contribution in [0.3, 0.4) is 0 Å². The first-order chi connectivity index (χ1) is 11.0. The highest BCUT2D eigenvalue weighted by Crippen LogP contribution is 2.39. The van der Waals surface area contributed by atoms with Crippen LogP contribution in [0.25, 0.3) is 0 Å². The van der Waals surface area contributed by atoms with Crippen molar-refractivity contribution in [3.05, 3.63) is 58.4 Å². The van der Waals surface area contributed by atoms with Gasteiger partial charge in [0.2, 0.25) is 5.88 Å². The maximum atomic E-state index is 13.2. The van der Waals surface area contributed by atoms with E-state index >= 15 is 0 Å². The Morgan fingerprint density at radius 1 is 1.48 bits per heavy atom. The summed E-state index contributed by atoms with van der Waals surface area (Å²) >= 11 is 5.84. The van der Waals surface area contributed by atoms with Crippen molar-refractivity contribution >= 4 is 17.6 Å². The molecule has 1 aromatic carbocycles. The molecule has 1 heterocycles. The summed E-state index contributed by atoms with van der Waals surface area (Å²) in [6.45, 7) is 1.81. The summed E-state index contributed by atoms with van der Waals surface area (Å²) in [5.41, 5.74) is 6.43. The third kappa shape index (κ3) is 3.30. The van der Waals surface area contributed by atoms with E-state index in [1.807, 2.05) is 6.07 Å². The molecule has 0 radical (unpaired) electrons. The van der Waals surface area contributed by atoms with Crippen molar-refractivity contribution in [1.29, 1.82) is 5.26 Å². The molecule has 0 fully saturated rings. The van der Waals surface area contributed by atoms with E-state index in [0.29, 0.717) is 5.56 Å². The largest absolute Gasteiger partial charge is 0.463 e. The molecule has 0 saturated heterocycles. The van der Waals surface area contributed by atoms with Crippen LogP contribution in [0.15, 0.2) is 47.1 Å². The second kappa shape index (κ2) is 7.16. The molecular formula is C16H14ClFN2O3. The molecule has 1 unspecified atom stereocenters. The normalized spacial score (nSPS) is 17.6. The predicted molar refractivity (Wildman–Crippen MR) is 81.4 cm³/mol. The summed E-state index contributed by atoms with van der Waals surface area (Å²) in [5, 5.41) is 9.39. The third-order valence-electron chi connectivity index (χ3n) is 3.32. The molecule has 23 heavy (non-hydrogen) atoms. The van der Waals surface area contributed by atoms with Gasteiger partial charge in [-0.15, -0.1) is 11.6 Å². The fourth-order valence-electron chi connectivity index (χ4n) is 2.34. The second-order valence-electron chi connectivity index (χ2n) is 4.67.